The number of rotatable bonds is 0. The van der Waals surface area contributed by atoms with Crippen LogP contribution in [0, 0.1) is 0 Å². The zero-order valence-corrected chi connectivity index (χ0v) is 11.7. The summed E-state index contributed by atoms with van der Waals surface area (Å²) in [5, 5.41) is 0.476. The molecule has 0 N–H and O–H groups in total. The van der Waals surface area contributed by atoms with Crippen LogP contribution in [0.2, 0.25) is 20.4 Å². The molecule has 0 saturated carbocycles. The first-order valence-electron chi connectivity index (χ1n) is 2.41. The summed E-state index contributed by atoms with van der Waals surface area (Å²) in [5.74, 6) is 0. The van der Waals surface area contributed by atoms with E-state index in [4.69, 9.17) is 59.0 Å². The van der Waals surface area contributed by atoms with Crippen LogP contribution in [0.3, 0.4) is 0 Å². The number of hydrogen-bond acceptors (Lipinski definition) is 2. The minimum Gasteiger partial charge on any atom is -0.777 e. The van der Waals surface area contributed by atoms with Gasteiger partial charge in [-0.05, 0) is 0 Å². The van der Waals surface area contributed by atoms with Crippen LogP contribution in [0.25, 0.3) is 0 Å². The van der Waals surface area contributed by atoms with E-state index in [1.54, 1.807) is 0 Å². The van der Waals surface area contributed by atoms with Gasteiger partial charge in [-0.1, -0.05) is 46.4 Å². The summed E-state index contributed by atoms with van der Waals surface area (Å²) in [6.45, 7) is 0. The van der Waals surface area contributed by atoms with Gasteiger partial charge in [-0.2, -0.15) is 0 Å². The van der Waals surface area contributed by atoms with Gasteiger partial charge in [0.05, 0.1) is 10.0 Å². The molecule has 0 saturated heterocycles. The van der Waals surface area contributed by atoms with Gasteiger partial charge >= 0.3 is 29.6 Å². The number of nitrogens with zero attached hydrogens (tertiary/aromatic N) is 1. The summed E-state index contributed by atoms with van der Waals surface area (Å²) in [7, 11) is 0. The third-order valence-electron chi connectivity index (χ3n) is 0.957. The van der Waals surface area contributed by atoms with E-state index in [1.807, 2.05) is 0 Å². The molecular formula is C5Cl4NNaS. The van der Waals surface area contributed by atoms with E-state index in [0.29, 0.717) is 0 Å². The van der Waals surface area contributed by atoms with Gasteiger partial charge in [0.15, 0.2) is 0 Å². The fourth-order valence-corrected chi connectivity index (χ4v) is 1.50. The van der Waals surface area contributed by atoms with Crippen LogP contribution in [0.5, 0.6) is 0 Å². The molecule has 0 fully saturated rings. The monoisotopic (exact) mass is 269 g/mol. The Morgan fingerprint density at radius 2 is 1.25 bits per heavy atom. The zero-order valence-electron chi connectivity index (χ0n) is 5.87. The van der Waals surface area contributed by atoms with Gasteiger partial charge in [0, 0.05) is 0 Å². The van der Waals surface area contributed by atoms with Gasteiger partial charge in [-0.25, -0.2) is 4.98 Å². The molecule has 12 heavy (non-hydrogen) atoms. The second-order valence-electron chi connectivity index (χ2n) is 1.65. The van der Waals surface area contributed by atoms with Crippen molar-refractivity contribution >= 4 is 59.0 Å². The van der Waals surface area contributed by atoms with Crippen molar-refractivity contribution in [2.45, 2.75) is 4.90 Å². The molecule has 7 heteroatoms. The van der Waals surface area contributed by atoms with Crippen LogP contribution in [-0.2, 0) is 12.6 Å². The average molecular weight is 271 g/mol. The quantitative estimate of drug-likeness (QED) is 0.389. The first kappa shape index (κ1) is 13.5. The van der Waals surface area contributed by atoms with Crippen molar-refractivity contribution in [2.75, 3.05) is 0 Å². The van der Waals surface area contributed by atoms with Gasteiger partial charge < -0.3 is 12.6 Å². The maximum atomic E-state index is 5.61. The van der Waals surface area contributed by atoms with Crippen LogP contribution >= 0.6 is 46.4 Å². The average Bonchev–Trinajstić information content (AvgIpc) is 1.97. The first-order valence-corrected chi connectivity index (χ1v) is 4.33. The largest absolute Gasteiger partial charge is 1.00 e. The molecule has 0 aliphatic rings. The smallest absolute Gasteiger partial charge is 0.777 e. The number of aromatic nitrogens is 1. The van der Waals surface area contributed by atoms with E-state index in [1.165, 1.54) is 0 Å². The fourth-order valence-electron chi connectivity index (χ4n) is 0.468. The van der Waals surface area contributed by atoms with Crippen molar-refractivity contribution < 1.29 is 29.6 Å². The second-order valence-corrected chi connectivity index (χ2v) is 3.53. The van der Waals surface area contributed by atoms with E-state index < -0.39 is 0 Å². The van der Waals surface area contributed by atoms with Crippen LogP contribution < -0.4 is 29.6 Å². The third-order valence-corrected chi connectivity index (χ3v) is 3.07. The Balaban J connectivity index is 0.00000121. The van der Waals surface area contributed by atoms with Gasteiger partial charge in [0.1, 0.15) is 10.3 Å². The Morgan fingerprint density at radius 1 is 0.917 bits per heavy atom. The van der Waals surface area contributed by atoms with Crippen LogP contribution in [0.1, 0.15) is 0 Å². The molecule has 0 atom stereocenters. The molecule has 1 heterocycles. The Hall–Kier alpha value is 1.53. The van der Waals surface area contributed by atoms with Crippen molar-refractivity contribution in [1.29, 1.82) is 0 Å². The molecule has 0 amide bonds. The van der Waals surface area contributed by atoms with Gasteiger partial charge in [0.2, 0.25) is 0 Å². The van der Waals surface area contributed by atoms with Crippen molar-refractivity contribution in [3.05, 3.63) is 20.4 Å². The zero-order chi connectivity index (χ0) is 8.59. The first-order chi connectivity index (χ1) is 5.04. The minimum absolute atomic E-state index is 0. The Kier molecular flexibility index (Phi) is 6.11. The van der Waals surface area contributed by atoms with Crippen LogP contribution in [0.15, 0.2) is 4.90 Å². The molecule has 1 nitrogen and oxygen atoms in total. The minimum atomic E-state index is 0. The molecule has 0 aliphatic heterocycles. The van der Waals surface area contributed by atoms with Gasteiger partial charge in [0.25, 0.3) is 0 Å². The predicted molar refractivity (Wildman–Crippen MR) is 49.9 cm³/mol. The molecule has 0 radical (unpaired) electrons. The van der Waals surface area contributed by atoms with Crippen LogP contribution in [0.4, 0.5) is 0 Å². The summed E-state index contributed by atoms with van der Waals surface area (Å²) < 4.78 is 0. The Bertz CT molecular complexity index is 280. The summed E-state index contributed by atoms with van der Waals surface area (Å²) in [5.41, 5.74) is 0. The topological polar surface area (TPSA) is 12.9 Å². The molecule has 1 aromatic heterocycles. The number of pyridine rings is 1. The van der Waals surface area contributed by atoms with E-state index in [-0.39, 0.29) is 54.8 Å². The van der Waals surface area contributed by atoms with E-state index >= 15 is 0 Å². The van der Waals surface area contributed by atoms with Gasteiger partial charge in [-0.3, -0.25) is 0 Å². The maximum Gasteiger partial charge on any atom is 1.00 e. The SMILES string of the molecule is [Na+].[S-]c1c(Cl)c(Cl)nc(Cl)c1Cl. The van der Waals surface area contributed by atoms with Crippen molar-refractivity contribution in [3.8, 4) is 0 Å². The normalized spacial score (nSPS) is 9.33. The maximum absolute atomic E-state index is 5.61. The molecule has 0 aromatic carbocycles. The van der Waals surface area contributed by atoms with Crippen molar-refractivity contribution in [2.24, 2.45) is 0 Å². The van der Waals surface area contributed by atoms with E-state index in [0.717, 1.165) is 0 Å². The third kappa shape index (κ3) is 2.76. The molecule has 0 spiro atoms. The standard InChI is InChI=1S/C5HCl4NS.Na/c6-1-3(11)2(7)5(9)10-4(1)8;/h(H,10,11);/q;+1/p-1. The van der Waals surface area contributed by atoms with Crippen molar-refractivity contribution in [1.82, 2.24) is 4.98 Å². The predicted octanol–water partition coefficient (Wildman–Crippen LogP) is 0.605. The molecule has 60 valence electrons. The fraction of sp³-hybridized carbons (Fsp3) is 0. The molecule has 1 aromatic rings. The number of halogens is 4. The molecular weight excluding hydrogens is 271 g/mol. The van der Waals surface area contributed by atoms with E-state index in [9.17, 15) is 0 Å². The van der Waals surface area contributed by atoms with Gasteiger partial charge in [-0.15, -0.1) is 4.90 Å². The summed E-state index contributed by atoms with van der Waals surface area (Å²) in [6.07, 6.45) is 0. The summed E-state index contributed by atoms with van der Waals surface area (Å²) in [6, 6.07) is 0. The summed E-state index contributed by atoms with van der Waals surface area (Å²) in [4.78, 5) is 3.87. The Labute approximate surface area is 117 Å². The molecule has 0 aliphatic carbocycles. The molecule has 0 unspecified atom stereocenters. The number of hydrogen-bond donors (Lipinski definition) is 0. The Morgan fingerprint density at radius 3 is 1.58 bits per heavy atom. The van der Waals surface area contributed by atoms with Crippen molar-refractivity contribution in [3.63, 3.8) is 0 Å². The van der Waals surface area contributed by atoms with Crippen LogP contribution in [-0.4, -0.2) is 4.98 Å². The summed E-state index contributed by atoms with van der Waals surface area (Å²) >= 11 is 27.1. The van der Waals surface area contributed by atoms with E-state index in [2.05, 4.69) is 4.98 Å². The molecule has 0 bridgehead atoms. The second kappa shape index (κ2) is 5.42. The molecule has 1 rings (SSSR count).